The number of ether oxygens (including phenoxy) is 2. The van der Waals surface area contributed by atoms with Crippen LogP contribution >= 0.6 is 0 Å². The summed E-state index contributed by atoms with van der Waals surface area (Å²) in [6, 6.07) is 4.17. The lowest BCUT2D eigenvalue weighted by molar-refractivity contribution is -0.136. The van der Waals surface area contributed by atoms with Crippen LogP contribution in [0.1, 0.15) is 58.6 Å². The van der Waals surface area contributed by atoms with Crippen LogP contribution in [0.2, 0.25) is 18.1 Å². The maximum Gasteiger partial charge on any atom is 0.333 e. The number of esters is 1. The molecule has 1 unspecified atom stereocenters. The topological polar surface area (TPSA) is 44.8 Å². The van der Waals surface area contributed by atoms with Gasteiger partial charge in [-0.2, -0.15) is 0 Å². The van der Waals surface area contributed by atoms with Crippen LogP contribution in [0, 0.1) is 6.92 Å². The Kier molecular flexibility index (Phi) is 6.73. The zero-order valence-electron chi connectivity index (χ0n) is 19.4. The molecule has 2 rings (SSSR count). The molecule has 1 aromatic carbocycles. The van der Waals surface area contributed by atoms with Crippen molar-refractivity contribution in [2.75, 3.05) is 7.11 Å². The molecule has 0 aliphatic carbocycles. The SMILES string of the molecule is COC(=O)/C(C)=C/CCC1(C)C=Cc2cc(O[Si](C)(C)C(C)(C)C)cc(C)c2O1. The molecule has 0 saturated heterocycles. The van der Waals surface area contributed by atoms with E-state index in [9.17, 15) is 4.79 Å². The zero-order valence-corrected chi connectivity index (χ0v) is 20.4. The minimum Gasteiger partial charge on any atom is -0.543 e. The van der Waals surface area contributed by atoms with Crippen LogP contribution in [0.4, 0.5) is 0 Å². The van der Waals surface area contributed by atoms with Crippen molar-refractivity contribution in [1.29, 1.82) is 0 Å². The number of hydrogen-bond donors (Lipinski definition) is 0. The molecule has 0 saturated carbocycles. The predicted octanol–water partition coefficient (Wildman–Crippen LogP) is 6.44. The maximum atomic E-state index is 11.5. The van der Waals surface area contributed by atoms with Crippen molar-refractivity contribution < 1.29 is 18.7 Å². The number of fused-ring (bicyclic) bond motifs is 1. The van der Waals surface area contributed by atoms with Crippen LogP contribution < -0.4 is 9.16 Å². The average Bonchev–Trinajstić information content (AvgIpc) is 2.60. The molecule has 1 heterocycles. The molecular formula is C24H36O4Si. The van der Waals surface area contributed by atoms with Crippen molar-refractivity contribution >= 4 is 20.4 Å². The minimum atomic E-state index is -1.89. The van der Waals surface area contributed by atoms with Crippen molar-refractivity contribution in [3.63, 3.8) is 0 Å². The molecule has 29 heavy (non-hydrogen) atoms. The summed E-state index contributed by atoms with van der Waals surface area (Å²) in [7, 11) is -0.493. The third-order valence-corrected chi connectivity index (χ3v) is 10.4. The molecule has 0 fully saturated rings. The van der Waals surface area contributed by atoms with Gasteiger partial charge in [0, 0.05) is 11.1 Å². The second-order valence-electron chi connectivity index (χ2n) is 9.69. The molecule has 0 amide bonds. The van der Waals surface area contributed by atoms with E-state index in [0.29, 0.717) is 5.57 Å². The van der Waals surface area contributed by atoms with E-state index in [0.717, 1.165) is 35.5 Å². The molecule has 1 aliphatic heterocycles. The van der Waals surface area contributed by atoms with Gasteiger partial charge < -0.3 is 13.9 Å². The van der Waals surface area contributed by atoms with Crippen LogP contribution in [0.3, 0.4) is 0 Å². The molecule has 0 radical (unpaired) electrons. The standard InChI is InChI=1S/C24H36O4Si/c1-17(22(25)26-7)11-10-13-24(6)14-12-19-16-20(15-18(2)21(19)27-24)28-29(8,9)23(3,4)5/h11-12,14-16H,10,13H2,1-9H3/b17-11+. The third kappa shape index (κ3) is 5.53. The number of rotatable bonds is 6. The Balaban J connectivity index is 2.17. The molecule has 0 aromatic heterocycles. The van der Waals surface area contributed by atoms with E-state index in [-0.39, 0.29) is 11.0 Å². The van der Waals surface area contributed by atoms with Gasteiger partial charge in [-0.3, -0.25) is 0 Å². The number of carbonyl (C=O) groups excluding carboxylic acids is 1. The zero-order chi connectivity index (χ0) is 22.0. The number of carbonyl (C=O) groups is 1. The lowest BCUT2D eigenvalue weighted by Crippen LogP contribution is -2.43. The number of hydrogen-bond acceptors (Lipinski definition) is 4. The Hall–Kier alpha value is -2.01. The number of benzene rings is 1. The van der Waals surface area contributed by atoms with Gasteiger partial charge in [0.2, 0.25) is 8.32 Å². The van der Waals surface area contributed by atoms with Crippen LogP contribution in [-0.2, 0) is 9.53 Å². The van der Waals surface area contributed by atoms with Crippen LogP contribution in [-0.4, -0.2) is 27.0 Å². The van der Waals surface area contributed by atoms with Gasteiger partial charge in [0.05, 0.1) is 7.11 Å². The molecule has 5 heteroatoms. The van der Waals surface area contributed by atoms with Crippen molar-refractivity contribution in [1.82, 2.24) is 0 Å². The quantitative estimate of drug-likeness (QED) is 0.304. The number of aryl methyl sites for hydroxylation is 1. The van der Waals surface area contributed by atoms with Gasteiger partial charge in [0.15, 0.2) is 0 Å². The van der Waals surface area contributed by atoms with E-state index in [1.807, 2.05) is 6.08 Å². The van der Waals surface area contributed by atoms with Gasteiger partial charge in [-0.1, -0.05) is 32.9 Å². The van der Waals surface area contributed by atoms with Gasteiger partial charge >= 0.3 is 5.97 Å². The molecule has 1 atom stereocenters. The highest BCUT2D eigenvalue weighted by Gasteiger charge is 2.39. The largest absolute Gasteiger partial charge is 0.543 e. The fraction of sp³-hybridized carbons (Fsp3) is 0.542. The van der Waals surface area contributed by atoms with Gasteiger partial charge in [-0.15, -0.1) is 0 Å². The van der Waals surface area contributed by atoms with Crippen LogP contribution in [0.15, 0.2) is 29.9 Å². The molecule has 160 valence electrons. The normalized spacial score (nSPS) is 19.4. The van der Waals surface area contributed by atoms with E-state index in [4.69, 9.17) is 13.9 Å². The summed E-state index contributed by atoms with van der Waals surface area (Å²) in [5.74, 6) is 1.54. The van der Waals surface area contributed by atoms with Crippen molar-refractivity contribution in [2.24, 2.45) is 0 Å². The van der Waals surface area contributed by atoms with E-state index < -0.39 is 13.9 Å². The lowest BCUT2D eigenvalue weighted by atomic mass is 9.93. The van der Waals surface area contributed by atoms with E-state index in [2.05, 4.69) is 72.0 Å². The van der Waals surface area contributed by atoms with Gasteiger partial charge in [-0.05, 0) is 75.5 Å². The summed E-state index contributed by atoms with van der Waals surface area (Å²) in [6.45, 7) is 17.2. The fourth-order valence-corrected chi connectivity index (χ4v) is 4.04. The van der Waals surface area contributed by atoms with Crippen molar-refractivity contribution in [3.05, 3.63) is 41.0 Å². The average molecular weight is 417 g/mol. The van der Waals surface area contributed by atoms with E-state index >= 15 is 0 Å². The molecule has 1 aliphatic rings. The summed E-state index contributed by atoms with van der Waals surface area (Å²) in [5.41, 5.74) is 2.34. The first kappa shape index (κ1) is 23.3. The lowest BCUT2D eigenvalue weighted by Gasteiger charge is -2.37. The van der Waals surface area contributed by atoms with E-state index in [1.54, 1.807) is 6.92 Å². The highest BCUT2D eigenvalue weighted by molar-refractivity contribution is 6.74. The van der Waals surface area contributed by atoms with Crippen LogP contribution in [0.25, 0.3) is 6.08 Å². The first-order valence-electron chi connectivity index (χ1n) is 10.2. The summed E-state index contributed by atoms with van der Waals surface area (Å²) in [4.78, 5) is 11.5. The second-order valence-corrected chi connectivity index (χ2v) is 14.4. The summed E-state index contributed by atoms with van der Waals surface area (Å²) >= 11 is 0. The Morgan fingerprint density at radius 3 is 2.52 bits per heavy atom. The summed E-state index contributed by atoms with van der Waals surface area (Å²) in [5, 5.41) is 0.150. The Bertz CT molecular complexity index is 830. The van der Waals surface area contributed by atoms with Gasteiger partial charge in [-0.25, -0.2) is 4.79 Å². The minimum absolute atomic E-state index is 0.150. The van der Waals surface area contributed by atoms with Crippen LogP contribution in [0.5, 0.6) is 11.5 Å². The van der Waals surface area contributed by atoms with Gasteiger partial charge in [0.25, 0.3) is 0 Å². The third-order valence-electron chi connectivity index (χ3n) is 6.01. The molecule has 0 N–H and O–H groups in total. The maximum absolute atomic E-state index is 11.5. The number of allylic oxidation sites excluding steroid dienone is 1. The molecule has 0 spiro atoms. The first-order chi connectivity index (χ1) is 13.3. The Morgan fingerprint density at radius 2 is 1.93 bits per heavy atom. The second kappa shape index (κ2) is 8.39. The fourth-order valence-electron chi connectivity index (χ4n) is 3.02. The highest BCUT2D eigenvalue weighted by atomic mass is 28.4. The smallest absolute Gasteiger partial charge is 0.333 e. The summed E-state index contributed by atoms with van der Waals surface area (Å²) < 4.78 is 17.6. The van der Waals surface area contributed by atoms with Crippen molar-refractivity contribution in [2.45, 2.75) is 78.1 Å². The van der Waals surface area contributed by atoms with E-state index in [1.165, 1.54) is 7.11 Å². The molecule has 4 nitrogen and oxygen atoms in total. The first-order valence-corrected chi connectivity index (χ1v) is 13.2. The molecule has 0 bridgehead atoms. The highest BCUT2D eigenvalue weighted by Crippen LogP contribution is 2.41. The Morgan fingerprint density at radius 1 is 1.28 bits per heavy atom. The molecular weight excluding hydrogens is 380 g/mol. The monoisotopic (exact) mass is 416 g/mol. The van der Waals surface area contributed by atoms with Gasteiger partial charge in [0.1, 0.15) is 17.1 Å². The summed E-state index contributed by atoms with van der Waals surface area (Å²) in [6.07, 6.45) is 7.65. The van der Waals surface area contributed by atoms with Crippen molar-refractivity contribution in [3.8, 4) is 11.5 Å². The predicted molar refractivity (Wildman–Crippen MR) is 122 cm³/mol. The Labute approximate surface area is 177 Å². The number of methoxy groups -OCH3 is 1. The molecule has 1 aromatic rings.